The van der Waals surface area contributed by atoms with E-state index in [2.05, 4.69) is 0 Å². The molecule has 0 aliphatic heterocycles. The first-order chi connectivity index (χ1) is 5.65. The summed E-state index contributed by atoms with van der Waals surface area (Å²) in [5.41, 5.74) is 0.379. The third-order valence-electron chi connectivity index (χ3n) is 1.44. The minimum atomic E-state index is -1.56. The van der Waals surface area contributed by atoms with Crippen molar-refractivity contribution in [3.05, 3.63) is 23.8 Å². The molecule has 12 heavy (non-hydrogen) atoms. The molecular weight excluding hydrogens is 157 g/mol. The summed E-state index contributed by atoms with van der Waals surface area (Å²) in [6.07, 6.45) is 2.24. The zero-order valence-electron chi connectivity index (χ0n) is 6.23. The molecule has 5 nitrogen and oxygen atoms in total. The highest BCUT2D eigenvalue weighted by molar-refractivity contribution is 6.58. The Morgan fingerprint density at radius 1 is 1.42 bits per heavy atom. The maximum Gasteiger partial charge on any atom is 0.489 e. The second-order valence-electron chi connectivity index (χ2n) is 2.26. The van der Waals surface area contributed by atoms with Gasteiger partial charge in [-0.2, -0.15) is 0 Å². The van der Waals surface area contributed by atoms with Crippen LogP contribution in [-0.2, 0) is 0 Å². The molecule has 0 fully saturated rings. The number of nitrogens with one attached hydrogen (secondary N) is 2. The first kappa shape index (κ1) is 8.70. The van der Waals surface area contributed by atoms with Gasteiger partial charge in [0.2, 0.25) is 0 Å². The highest BCUT2D eigenvalue weighted by atomic mass is 16.4. The van der Waals surface area contributed by atoms with Crippen LogP contribution in [0.5, 0.6) is 0 Å². The molecule has 0 radical (unpaired) electrons. The van der Waals surface area contributed by atoms with Crippen molar-refractivity contribution < 1.29 is 10.0 Å². The lowest BCUT2D eigenvalue weighted by Gasteiger charge is -2.02. The van der Waals surface area contributed by atoms with E-state index in [9.17, 15) is 0 Å². The standard InChI is InChI=1S/C6H8BN3O2/c8-4-10-3-5(7(11)12)1-2-6(10)9/h1-4,8-9,11-12H. The molecule has 1 heterocycles. The second kappa shape index (κ2) is 3.33. The zero-order chi connectivity index (χ0) is 9.14. The van der Waals surface area contributed by atoms with Crippen LogP contribution in [0, 0.1) is 10.8 Å². The van der Waals surface area contributed by atoms with Gasteiger partial charge in [-0.25, -0.2) is 0 Å². The number of pyridine rings is 1. The van der Waals surface area contributed by atoms with Crippen molar-refractivity contribution in [3.8, 4) is 0 Å². The van der Waals surface area contributed by atoms with Crippen molar-refractivity contribution in [2.75, 3.05) is 0 Å². The summed E-state index contributed by atoms with van der Waals surface area (Å²) in [5, 5.41) is 31.6. The molecule has 4 N–H and O–H groups in total. The fourth-order valence-corrected chi connectivity index (χ4v) is 0.794. The number of nitrogens with zero attached hydrogens (tertiary/aromatic N) is 1. The van der Waals surface area contributed by atoms with Crippen LogP contribution in [0.1, 0.15) is 0 Å². The summed E-state index contributed by atoms with van der Waals surface area (Å²) in [6.45, 7) is 0. The third kappa shape index (κ3) is 1.61. The van der Waals surface area contributed by atoms with Gasteiger partial charge >= 0.3 is 7.12 Å². The summed E-state index contributed by atoms with van der Waals surface area (Å²) >= 11 is 0. The SMILES string of the molecule is N=Cn1cc(B(O)O)ccc1=N. The van der Waals surface area contributed by atoms with Crippen LogP contribution in [0.3, 0.4) is 0 Å². The predicted octanol–water partition coefficient (Wildman–Crippen LogP) is -1.90. The highest BCUT2D eigenvalue weighted by Gasteiger charge is 2.10. The van der Waals surface area contributed by atoms with Gasteiger partial charge in [-0.3, -0.25) is 15.4 Å². The largest absolute Gasteiger partial charge is 0.489 e. The number of aromatic nitrogens is 1. The van der Waals surface area contributed by atoms with Gasteiger partial charge in [0.15, 0.2) is 0 Å². The molecule has 0 unspecified atom stereocenters. The Morgan fingerprint density at radius 3 is 2.58 bits per heavy atom. The molecule has 0 spiro atoms. The van der Waals surface area contributed by atoms with Gasteiger partial charge in [0.05, 0.1) is 6.34 Å². The molecule has 1 rings (SSSR count). The first-order valence-corrected chi connectivity index (χ1v) is 3.28. The van der Waals surface area contributed by atoms with Crippen LogP contribution in [-0.4, -0.2) is 28.1 Å². The van der Waals surface area contributed by atoms with Gasteiger partial charge in [-0.1, -0.05) is 6.07 Å². The maximum absolute atomic E-state index is 8.74. The van der Waals surface area contributed by atoms with Crippen LogP contribution in [0.2, 0.25) is 0 Å². The average molecular weight is 165 g/mol. The summed E-state index contributed by atoms with van der Waals surface area (Å²) in [5.74, 6) is 0. The van der Waals surface area contributed by atoms with Crippen LogP contribution in [0.4, 0.5) is 0 Å². The van der Waals surface area contributed by atoms with Crippen LogP contribution < -0.4 is 11.0 Å². The Balaban J connectivity index is 3.23. The van der Waals surface area contributed by atoms with E-state index in [0.717, 1.165) is 6.34 Å². The van der Waals surface area contributed by atoms with E-state index < -0.39 is 7.12 Å². The molecule has 0 atom stereocenters. The monoisotopic (exact) mass is 165 g/mol. The van der Waals surface area contributed by atoms with Gasteiger partial charge in [0.25, 0.3) is 0 Å². The molecule has 0 amide bonds. The molecule has 1 aromatic heterocycles. The average Bonchev–Trinajstić information content (AvgIpc) is 2.05. The van der Waals surface area contributed by atoms with Gasteiger partial charge in [0, 0.05) is 6.20 Å². The lowest BCUT2D eigenvalue weighted by Crippen LogP contribution is -2.34. The highest BCUT2D eigenvalue weighted by Crippen LogP contribution is 1.77. The summed E-state index contributed by atoms with van der Waals surface area (Å²) in [7, 11) is -1.56. The minimum absolute atomic E-state index is 0.120. The molecule has 0 bridgehead atoms. The minimum Gasteiger partial charge on any atom is -0.423 e. The van der Waals surface area contributed by atoms with Gasteiger partial charge in [-0.05, 0) is 11.5 Å². The normalized spacial score (nSPS) is 9.50. The number of hydrogen-bond acceptors (Lipinski definition) is 4. The Labute approximate surface area is 69.1 Å². The molecule has 0 aliphatic rings. The van der Waals surface area contributed by atoms with Crippen LogP contribution in [0.15, 0.2) is 18.3 Å². The van der Waals surface area contributed by atoms with E-state index in [1.807, 2.05) is 0 Å². The van der Waals surface area contributed by atoms with E-state index in [-0.39, 0.29) is 11.0 Å². The van der Waals surface area contributed by atoms with Crippen LogP contribution >= 0.6 is 0 Å². The molecule has 0 aromatic carbocycles. The molecule has 0 saturated heterocycles. The Morgan fingerprint density at radius 2 is 2.08 bits per heavy atom. The Hall–Kier alpha value is -1.40. The van der Waals surface area contributed by atoms with Crippen molar-refractivity contribution in [1.82, 2.24) is 4.57 Å². The van der Waals surface area contributed by atoms with Crippen molar-refractivity contribution in [1.29, 1.82) is 10.8 Å². The first-order valence-electron chi connectivity index (χ1n) is 3.28. The molecule has 62 valence electrons. The fraction of sp³-hybridized carbons (Fsp3) is 0. The Kier molecular flexibility index (Phi) is 2.42. The van der Waals surface area contributed by atoms with E-state index in [1.54, 1.807) is 0 Å². The van der Waals surface area contributed by atoms with Crippen molar-refractivity contribution >= 4 is 18.9 Å². The quantitative estimate of drug-likeness (QED) is 0.234. The van der Waals surface area contributed by atoms with E-state index in [0.29, 0.717) is 0 Å². The smallest absolute Gasteiger partial charge is 0.423 e. The summed E-state index contributed by atoms with van der Waals surface area (Å²) in [6, 6.07) is 2.81. The third-order valence-corrected chi connectivity index (χ3v) is 1.44. The van der Waals surface area contributed by atoms with Crippen molar-refractivity contribution in [2.24, 2.45) is 0 Å². The lowest BCUT2D eigenvalue weighted by molar-refractivity contribution is 0.425. The van der Waals surface area contributed by atoms with Gasteiger partial charge in [-0.15, -0.1) is 0 Å². The van der Waals surface area contributed by atoms with Gasteiger partial charge in [0.1, 0.15) is 5.49 Å². The molecular formula is C6H8BN3O2. The second-order valence-corrected chi connectivity index (χ2v) is 2.26. The number of rotatable bonds is 2. The fourth-order valence-electron chi connectivity index (χ4n) is 0.794. The van der Waals surface area contributed by atoms with E-state index in [4.69, 9.17) is 20.9 Å². The maximum atomic E-state index is 8.74. The molecule has 0 saturated carbocycles. The van der Waals surface area contributed by atoms with Gasteiger partial charge < -0.3 is 10.0 Å². The van der Waals surface area contributed by atoms with E-state index >= 15 is 0 Å². The molecule has 1 aromatic rings. The van der Waals surface area contributed by atoms with Crippen molar-refractivity contribution in [2.45, 2.75) is 0 Å². The number of hydrogen-bond donors (Lipinski definition) is 4. The topological polar surface area (TPSA) is 93.1 Å². The zero-order valence-corrected chi connectivity index (χ0v) is 6.23. The predicted molar refractivity (Wildman–Crippen MR) is 44.3 cm³/mol. The summed E-state index contributed by atoms with van der Waals surface area (Å²) < 4.78 is 1.18. The molecule has 6 heteroatoms. The molecule has 0 aliphatic carbocycles. The summed E-state index contributed by atoms with van der Waals surface area (Å²) in [4.78, 5) is 0. The van der Waals surface area contributed by atoms with Crippen molar-refractivity contribution in [3.63, 3.8) is 0 Å². The van der Waals surface area contributed by atoms with E-state index in [1.165, 1.54) is 22.9 Å². The Bertz CT molecular complexity index is 347. The van der Waals surface area contributed by atoms with Crippen LogP contribution in [0.25, 0.3) is 0 Å². The lowest BCUT2D eigenvalue weighted by atomic mass is 9.82.